The molecule has 0 aromatic carbocycles. The van der Waals surface area contributed by atoms with E-state index in [2.05, 4.69) is 17.2 Å². The molecule has 1 aliphatic rings. The number of hydrogen-bond donors (Lipinski definition) is 1. The quantitative estimate of drug-likeness (QED) is 0.796. The van der Waals surface area contributed by atoms with Crippen molar-refractivity contribution in [2.24, 2.45) is 5.92 Å². The zero-order chi connectivity index (χ0) is 13.7. The first kappa shape index (κ1) is 14.8. The van der Waals surface area contributed by atoms with Crippen molar-refractivity contribution in [3.63, 3.8) is 0 Å². The second kappa shape index (κ2) is 7.22. The monoisotopic (exact) mass is 282 g/mol. The van der Waals surface area contributed by atoms with E-state index in [9.17, 15) is 0 Å². The first-order valence-corrected chi connectivity index (χ1v) is 7.48. The van der Waals surface area contributed by atoms with Crippen molar-refractivity contribution in [3.8, 4) is 0 Å². The van der Waals surface area contributed by atoms with E-state index in [-0.39, 0.29) is 6.10 Å². The summed E-state index contributed by atoms with van der Waals surface area (Å²) in [5, 5.41) is 4.36. The van der Waals surface area contributed by atoms with E-state index in [0.717, 1.165) is 30.0 Å². The summed E-state index contributed by atoms with van der Waals surface area (Å²) in [7, 11) is 1.82. The van der Waals surface area contributed by atoms with Crippen LogP contribution in [0.2, 0.25) is 5.02 Å². The molecule has 1 aromatic heterocycles. The topological polar surface area (TPSA) is 34.2 Å². The Morgan fingerprint density at radius 3 is 2.89 bits per heavy atom. The number of methoxy groups -OCH3 is 1. The third kappa shape index (κ3) is 4.16. The van der Waals surface area contributed by atoms with Crippen LogP contribution in [0.1, 0.15) is 31.7 Å². The fraction of sp³-hybridized carbons (Fsp3) is 0.667. The molecule has 1 saturated carbocycles. The molecule has 0 radical (unpaired) electrons. The third-order valence-electron chi connectivity index (χ3n) is 3.71. The van der Waals surface area contributed by atoms with Crippen molar-refractivity contribution in [1.29, 1.82) is 0 Å². The van der Waals surface area contributed by atoms with Gasteiger partial charge in [0.15, 0.2) is 0 Å². The molecule has 0 bridgehead atoms. The molecular formula is C15H23ClN2O. The Balaban J connectivity index is 2.06. The second-order valence-corrected chi connectivity index (χ2v) is 5.68. The molecule has 19 heavy (non-hydrogen) atoms. The number of halogens is 1. The van der Waals surface area contributed by atoms with Gasteiger partial charge in [0.1, 0.15) is 0 Å². The molecule has 2 unspecified atom stereocenters. The standard InChI is InChI=1S/C15H23ClN2O/c1-3-7-18-14(15(19-2)11-4-5-11)9-12-6-8-17-10-13(12)16/h6,8,10-11,14-15,18H,3-5,7,9H2,1-2H3. The van der Waals surface area contributed by atoms with Crippen LogP contribution in [-0.2, 0) is 11.2 Å². The lowest BCUT2D eigenvalue weighted by Gasteiger charge is -2.27. The van der Waals surface area contributed by atoms with Gasteiger partial charge in [-0.25, -0.2) is 0 Å². The van der Waals surface area contributed by atoms with E-state index in [1.807, 2.05) is 13.2 Å². The Morgan fingerprint density at radius 2 is 2.32 bits per heavy atom. The maximum Gasteiger partial charge on any atom is 0.0755 e. The molecule has 0 spiro atoms. The Hall–Kier alpha value is -0.640. The smallest absolute Gasteiger partial charge is 0.0755 e. The van der Waals surface area contributed by atoms with Crippen LogP contribution >= 0.6 is 11.6 Å². The number of nitrogens with one attached hydrogen (secondary N) is 1. The van der Waals surface area contributed by atoms with E-state index in [0.29, 0.717) is 12.0 Å². The largest absolute Gasteiger partial charge is 0.380 e. The van der Waals surface area contributed by atoms with Crippen molar-refractivity contribution < 1.29 is 4.74 Å². The van der Waals surface area contributed by atoms with Crippen LogP contribution in [0.5, 0.6) is 0 Å². The van der Waals surface area contributed by atoms with Crippen molar-refractivity contribution >= 4 is 11.6 Å². The van der Waals surface area contributed by atoms with Crippen molar-refractivity contribution in [2.75, 3.05) is 13.7 Å². The minimum absolute atomic E-state index is 0.288. The molecule has 0 aliphatic heterocycles. The lowest BCUT2D eigenvalue weighted by Crippen LogP contribution is -2.44. The lowest BCUT2D eigenvalue weighted by molar-refractivity contribution is 0.0511. The Morgan fingerprint density at radius 1 is 1.53 bits per heavy atom. The summed E-state index contributed by atoms with van der Waals surface area (Å²) in [6.45, 7) is 3.20. The predicted octanol–water partition coefficient (Wildman–Crippen LogP) is 3.07. The first-order chi connectivity index (χ1) is 9.26. The molecule has 1 heterocycles. The number of nitrogens with zero attached hydrogens (tertiary/aromatic N) is 1. The van der Waals surface area contributed by atoms with Gasteiger partial charge < -0.3 is 10.1 Å². The van der Waals surface area contributed by atoms with Crippen LogP contribution in [-0.4, -0.2) is 30.8 Å². The molecule has 3 nitrogen and oxygen atoms in total. The van der Waals surface area contributed by atoms with E-state index in [4.69, 9.17) is 16.3 Å². The Bertz CT molecular complexity index is 395. The highest BCUT2D eigenvalue weighted by Gasteiger charge is 2.36. The molecule has 106 valence electrons. The van der Waals surface area contributed by atoms with Gasteiger partial charge in [0.05, 0.1) is 11.1 Å². The first-order valence-electron chi connectivity index (χ1n) is 7.10. The molecule has 4 heteroatoms. The maximum atomic E-state index is 6.21. The van der Waals surface area contributed by atoms with Crippen LogP contribution in [0.25, 0.3) is 0 Å². The lowest BCUT2D eigenvalue weighted by atomic mass is 9.98. The predicted molar refractivity (Wildman–Crippen MR) is 78.6 cm³/mol. The van der Waals surface area contributed by atoms with Gasteiger partial charge >= 0.3 is 0 Å². The van der Waals surface area contributed by atoms with E-state index >= 15 is 0 Å². The van der Waals surface area contributed by atoms with Crippen LogP contribution in [0, 0.1) is 5.92 Å². The van der Waals surface area contributed by atoms with Crippen LogP contribution in [0.4, 0.5) is 0 Å². The molecule has 0 saturated heterocycles. The minimum Gasteiger partial charge on any atom is -0.380 e. The molecular weight excluding hydrogens is 260 g/mol. The number of aromatic nitrogens is 1. The van der Waals surface area contributed by atoms with Gasteiger partial charge in [0.2, 0.25) is 0 Å². The zero-order valence-corrected chi connectivity index (χ0v) is 12.5. The third-order valence-corrected chi connectivity index (χ3v) is 4.05. The van der Waals surface area contributed by atoms with Crippen molar-refractivity contribution in [1.82, 2.24) is 10.3 Å². The molecule has 1 fully saturated rings. The van der Waals surface area contributed by atoms with Gasteiger partial charge in [-0.3, -0.25) is 4.98 Å². The normalized spacial score (nSPS) is 18.3. The highest BCUT2D eigenvalue weighted by molar-refractivity contribution is 6.31. The van der Waals surface area contributed by atoms with Gasteiger partial charge in [-0.1, -0.05) is 18.5 Å². The van der Waals surface area contributed by atoms with Gasteiger partial charge in [0, 0.05) is 25.5 Å². The Labute approximate surface area is 120 Å². The summed E-state index contributed by atoms with van der Waals surface area (Å²) in [4.78, 5) is 4.04. The highest BCUT2D eigenvalue weighted by Crippen LogP contribution is 2.36. The summed E-state index contributed by atoms with van der Waals surface area (Å²) in [5.41, 5.74) is 1.15. The van der Waals surface area contributed by atoms with E-state index in [1.165, 1.54) is 12.8 Å². The molecule has 1 aliphatic carbocycles. The average molecular weight is 283 g/mol. The van der Waals surface area contributed by atoms with Crippen LogP contribution in [0.3, 0.4) is 0 Å². The van der Waals surface area contributed by atoms with Gasteiger partial charge in [-0.05, 0) is 49.8 Å². The van der Waals surface area contributed by atoms with Crippen LogP contribution < -0.4 is 5.32 Å². The second-order valence-electron chi connectivity index (χ2n) is 5.27. The highest BCUT2D eigenvalue weighted by atomic mass is 35.5. The Kier molecular flexibility index (Phi) is 5.61. The van der Waals surface area contributed by atoms with Gasteiger partial charge in [-0.2, -0.15) is 0 Å². The molecule has 1 aromatic rings. The summed E-state index contributed by atoms with van der Waals surface area (Å²) < 4.78 is 5.72. The maximum absolute atomic E-state index is 6.21. The van der Waals surface area contributed by atoms with Crippen molar-refractivity contribution in [2.45, 2.75) is 44.8 Å². The number of pyridine rings is 1. The van der Waals surface area contributed by atoms with Gasteiger partial charge in [0.25, 0.3) is 0 Å². The van der Waals surface area contributed by atoms with Gasteiger partial charge in [-0.15, -0.1) is 0 Å². The number of hydrogen-bond acceptors (Lipinski definition) is 3. The van der Waals surface area contributed by atoms with E-state index in [1.54, 1.807) is 12.4 Å². The molecule has 2 atom stereocenters. The number of ether oxygens (including phenoxy) is 1. The average Bonchev–Trinajstić information content (AvgIpc) is 3.23. The zero-order valence-electron chi connectivity index (χ0n) is 11.7. The summed E-state index contributed by atoms with van der Waals surface area (Å²) in [5.74, 6) is 0.708. The summed E-state index contributed by atoms with van der Waals surface area (Å²) >= 11 is 6.21. The molecule has 2 rings (SSSR count). The fourth-order valence-corrected chi connectivity index (χ4v) is 2.75. The fourth-order valence-electron chi connectivity index (χ4n) is 2.55. The van der Waals surface area contributed by atoms with E-state index < -0.39 is 0 Å². The summed E-state index contributed by atoms with van der Waals surface area (Å²) in [6, 6.07) is 2.33. The molecule has 0 amide bonds. The van der Waals surface area contributed by atoms with Crippen LogP contribution in [0.15, 0.2) is 18.5 Å². The van der Waals surface area contributed by atoms with Crippen molar-refractivity contribution in [3.05, 3.63) is 29.0 Å². The summed E-state index contributed by atoms with van der Waals surface area (Å²) in [6.07, 6.45) is 8.40. The molecule has 1 N–H and O–H groups in total. The minimum atomic E-state index is 0.288. The SMILES string of the molecule is CCCNC(Cc1ccncc1Cl)C(OC)C1CC1. The number of rotatable bonds is 8.